The first-order chi connectivity index (χ1) is 9.69. The predicted octanol–water partition coefficient (Wildman–Crippen LogP) is 3.88. The molecule has 2 heteroatoms. The quantitative estimate of drug-likeness (QED) is 0.849. The van der Waals surface area contributed by atoms with Crippen molar-refractivity contribution in [3.8, 4) is 23.8 Å². The molecule has 1 N–H and O–H groups in total. The van der Waals surface area contributed by atoms with Crippen LogP contribution in [-0.4, -0.2) is 11.2 Å². The number of para-hydroxylation sites is 1. The Bertz CT molecular complexity index is 636. The Morgan fingerprint density at radius 3 is 2.55 bits per heavy atom. The molecule has 0 aliphatic heterocycles. The molecule has 100 valence electrons. The zero-order valence-corrected chi connectivity index (χ0v) is 11.3. The lowest BCUT2D eigenvalue weighted by Gasteiger charge is -2.07. The van der Waals surface area contributed by atoms with Crippen molar-refractivity contribution >= 4 is 6.08 Å². The van der Waals surface area contributed by atoms with Crippen molar-refractivity contribution < 1.29 is 9.84 Å². The van der Waals surface area contributed by atoms with Crippen LogP contribution >= 0.6 is 0 Å². The monoisotopic (exact) mass is 264 g/mol. The number of aliphatic hydroxyl groups excluding tert-OH is 1. The second kappa shape index (κ2) is 6.60. The lowest BCUT2D eigenvalue weighted by Crippen LogP contribution is -2.03. The van der Waals surface area contributed by atoms with Crippen molar-refractivity contribution in [2.45, 2.75) is 13.0 Å². The molecule has 2 aromatic carbocycles. The third-order valence-electron chi connectivity index (χ3n) is 2.82. The van der Waals surface area contributed by atoms with E-state index in [9.17, 15) is 5.11 Å². The highest BCUT2D eigenvalue weighted by Gasteiger charge is 2.02. The maximum atomic E-state index is 9.56. The van der Waals surface area contributed by atoms with E-state index in [-0.39, 0.29) is 0 Å². The van der Waals surface area contributed by atoms with Crippen LogP contribution in [0.5, 0.6) is 11.5 Å². The second-order valence-corrected chi connectivity index (χ2v) is 4.45. The number of hydrogen-bond donors (Lipinski definition) is 1. The summed E-state index contributed by atoms with van der Waals surface area (Å²) >= 11 is 0. The van der Waals surface area contributed by atoms with E-state index in [0.29, 0.717) is 0 Å². The maximum absolute atomic E-state index is 9.56. The van der Waals surface area contributed by atoms with Crippen molar-refractivity contribution in [2.75, 3.05) is 0 Å². The van der Waals surface area contributed by atoms with Gasteiger partial charge in [-0.2, -0.15) is 0 Å². The average molecular weight is 264 g/mol. The van der Waals surface area contributed by atoms with Gasteiger partial charge < -0.3 is 9.84 Å². The fourth-order valence-electron chi connectivity index (χ4n) is 1.77. The molecule has 1 atom stereocenters. The molecular formula is C18H16O2. The number of terminal acetylenes is 1. The zero-order valence-electron chi connectivity index (χ0n) is 11.3. The molecule has 0 radical (unpaired) electrons. The highest BCUT2D eigenvalue weighted by molar-refractivity contribution is 5.56. The van der Waals surface area contributed by atoms with E-state index in [1.165, 1.54) is 0 Å². The topological polar surface area (TPSA) is 29.5 Å². The van der Waals surface area contributed by atoms with Gasteiger partial charge >= 0.3 is 0 Å². The Balaban J connectivity index is 2.19. The van der Waals surface area contributed by atoms with Crippen LogP contribution in [0.4, 0.5) is 0 Å². The van der Waals surface area contributed by atoms with Crippen LogP contribution in [0.25, 0.3) is 6.08 Å². The summed E-state index contributed by atoms with van der Waals surface area (Å²) in [6.45, 7) is 1.80. The minimum atomic E-state index is -0.853. The number of hydrogen-bond acceptors (Lipinski definition) is 2. The largest absolute Gasteiger partial charge is 0.457 e. The van der Waals surface area contributed by atoms with E-state index in [1.807, 2.05) is 60.7 Å². The molecule has 0 fully saturated rings. The van der Waals surface area contributed by atoms with E-state index >= 15 is 0 Å². The highest BCUT2D eigenvalue weighted by Crippen LogP contribution is 2.23. The Kier molecular flexibility index (Phi) is 4.60. The molecule has 2 nitrogen and oxygen atoms in total. The molecule has 1 unspecified atom stereocenters. The molecule has 0 aliphatic carbocycles. The molecule has 0 aliphatic rings. The van der Waals surface area contributed by atoms with Crippen LogP contribution in [0.1, 0.15) is 12.5 Å². The van der Waals surface area contributed by atoms with Crippen molar-refractivity contribution in [2.24, 2.45) is 0 Å². The van der Waals surface area contributed by atoms with E-state index in [4.69, 9.17) is 11.2 Å². The molecule has 2 aromatic rings. The summed E-state index contributed by atoms with van der Waals surface area (Å²) in [5, 5.41) is 9.56. The third kappa shape index (κ3) is 3.74. The Morgan fingerprint density at radius 1 is 1.15 bits per heavy atom. The smallest absolute Gasteiger partial charge is 0.136 e. The summed E-state index contributed by atoms with van der Waals surface area (Å²) in [7, 11) is 0. The van der Waals surface area contributed by atoms with E-state index in [2.05, 4.69) is 5.92 Å². The average Bonchev–Trinajstić information content (AvgIpc) is 2.47. The number of benzene rings is 2. The molecule has 0 aromatic heterocycles. The van der Waals surface area contributed by atoms with Crippen LogP contribution in [-0.2, 0) is 0 Å². The van der Waals surface area contributed by atoms with Crippen molar-refractivity contribution in [1.82, 2.24) is 0 Å². The molecule has 0 spiro atoms. The van der Waals surface area contributed by atoms with Crippen molar-refractivity contribution in [1.29, 1.82) is 0 Å². The summed E-state index contributed by atoms with van der Waals surface area (Å²) in [5.74, 6) is 3.82. The number of rotatable bonds is 4. The highest BCUT2D eigenvalue weighted by atomic mass is 16.5. The summed E-state index contributed by atoms with van der Waals surface area (Å²) < 4.78 is 5.76. The minimum Gasteiger partial charge on any atom is -0.457 e. The number of ether oxygens (including phenoxy) is 1. The van der Waals surface area contributed by atoms with Gasteiger partial charge in [-0.05, 0) is 42.3 Å². The summed E-state index contributed by atoms with van der Waals surface area (Å²) in [6.07, 6.45) is 6.19. The lowest BCUT2D eigenvalue weighted by molar-refractivity contribution is 0.269. The first-order valence-electron chi connectivity index (χ1n) is 6.34. The van der Waals surface area contributed by atoms with Gasteiger partial charge in [0, 0.05) is 0 Å². The lowest BCUT2D eigenvalue weighted by atomic mass is 10.1. The molecule has 0 heterocycles. The normalized spacial score (nSPS) is 12.6. The van der Waals surface area contributed by atoms with Gasteiger partial charge in [-0.3, -0.25) is 0 Å². The van der Waals surface area contributed by atoms with Gasteiger partial charge in [-0.25, -0.2) is 0 Å². The summed E-state index contributed by atoms with van der Waals surface area (Å²) in [4.78, 5) is 0. The molecule has 0 amide bonds. The van der Waals surface area contributed by atoms with Crippen LogP contribution in [0, 0.1) is 12.3 Å². The van der Waals surface area contributed by atoms with E-state index < -0.39 is 6.10 Å². The van der Waals surface area contributed by atoms with Gasteiger partial charge in [0.2, 0.25) is 0 Å². The Morgan fingerprint density at radius 2 is 1.85 bits per heavy atom. The Hall–Kier alpha value is -2.50. The van der Waals surface area contributed by atoms with Gasteiger partial charge in [-0.15, -0.1) is 6.42 Å². The van der Waals surface area contributed by atoms with Gasteiger partial charge in [-0.1, -0.05) is 42.3 Å². The van der Waals surface area contributed by atoms with Crippen molar-refractivity contribution in [3.63, 3.8) is 0 Å². The fraction of sp³-hybridized carbons (Fsp3) is 0.111. The first kappa shape index (κ1) is 13.9. The molecule has 0 saturated carbocycles. The predicted molar refractivity (Wildman–Crippen MR) is 81.4 cm³/mol. The molecule has 0 bridgehead atoms. The van der Waals surface area contributed by atoms with E-state index in [1.54, 1.807) is 6.92 Å². The van der Waals surface area contributed by atoms with Crippen LogP contribution < -0.4 is 4.74 Å². The minimum absolute atomic E-state index is 0.726. The van der Waals surface area contributed by atoms with Crippen LogP contribution in [0.2, 0.25) is 0 Å². The van der Waals surface area contributed by atoms with Gasteiger partial charge in [0.25, 0.3) is 0 Å². The van der Waals surface area contributed by atoms with Gasteiger partial charge in [0.15, 0.2) is 0 Å². The number of aliphatic hydroxyl groups is 1. The maximum Gasteiger partial charge on any atom is 0.136 e. The molecule has 2 rings (SSSR count). The summed E-state index contributed by atoms with van der Waals surface area (Å²) in [6, 6.07) is 17.2. The summed E-state index contributed by atoms with van der Waals surface area (Å²) in [5.41, 5.74) is 1.66. The first-order valence-corrected chi connectivity index (χ1v) is 6.34. The zero-order chi connectivity index (χ0) is 14.4. The SMILES string of the molecule is C#CC(O)/C(C)=C/c1cccc(Oc2ccccc2)c1. The van der Waals surface area contributed by atoms with Crippen LogP contribution in [0.3, 0.4) is 0 Å². The molecular weight excluding hydrogens is 248 g/mol. The van der Waals surface area contributed by atoms with Gasteiger partial charge in [0.05, 0.1) is 0 Å². The van der Waals surface area contributed by atoms with Crippen LogP contribution in [0.15, 0.2) is 60.2 Å². The molecule has 0 saturated heterocycles. The standard InChI is InChI=1S/C18H16O2/c1-3-18(19)14(2)12-15-8-7-11-17(13-15)20-16-9-5-4-6-10-16/h1,4-13,18-19H,2H3/b14-12+. The van der Waals surface area contributed by atoms with E-state index in [0.717, 1.165) is 22.6 Å². The third-order valence-corrected chi connectivity index (χ3v) is 2.82. The van der Waals surface area contributed by atoms with Gasteiger partial charge in [0.1, 0.15) is 17.6 Å². The Labute approximate surface area is 119 Å². The van der Waals surface area contributed by atoms with Crippen molar-refractivity contribution in [3.05, 3.63) is 65.7 Å². The molecule has 20 heavy (non-hydrogen) atoms. The second-order valence-electron chi connectivity index (χ2n) is 4.45. The fourth-order valence-corrected chi connectivity index (χ4v) is 1.77.